The van der Waals surface area contributed by atoms with Crippen molar-refractivity contribution in [2.75, 3.05) is 0 Å². The number of carboxylic acid groups (broad SMARTS) is 2. The summed E-state index contributed by atoms with van der Waals surface area (Å²) in [5.41, 5.74) is 3.20. The molecule has 2 N–H and O–H groups in total. The highest BCUT2D eigenvalue weighted by Crippen LogP contribution is 2.25. The van der Waals surface area contributed by atoms with Gasteiger partial charge in [0.1, 0.15) is 0 Å². The molecular formula is C14H16O4. The highest BCUT2D eigenvalue weighted by atomic mass is 16.4. The zero-order valence-corrected chi connectivity index (χ0v) is 10.1. The van der Waals surface area contributed by atoms with E-state index in [4.69, 9.17) is 5.11 Å². The molecule has 0 radical (unpaired) electrons. The second-order valence-corrected chi connectivity index (χ2v) is 4.68. The molecule has 1 aliphatic rings. The Labute approximate surface area is 105 Å². The van der Waals surface area contributed by atoms with E-state index in [1.807, 2.05) is 6.07 Å². The molecule has 96 valence electrons. The predicted molar refractivity (Wildman–Crippen MR) is 66.0 cm³/mol. The Kier molecular flexibility index (Phi) is 3.65. The summed E-state index contributed by atoms with van der Waals surface area (Å²) in [6.45, 7) is 0. The van der Waals surface area contributed by atoms with E-state index in [-0.39, 0.29) is 18.4 Å². The molecule has 4 nitrogen and oxygen atoms in total. The molecule has 0 aliphatic heterocycles. The van der Waals surface area contributed by atoms with E-state index < -0.39 is 11.9 Å². The fraction of sp³-hybridized carbons (Fsp3) is 0.429. The Hall–Kier alpha value is -1.84. The van der Waals surface area contributed by atoms with Crippen LogP contribution >= 0.6 is 0 Å². The highest BCUT2D eigenvalue weighted by Gasteiger charge is 2.17. The third kappa shape index (κ3) is 2.70. The average Bonchev–Trinajstić information content (AvgIpc) is 2.35. The lowest BCUT2D eigenvalue weighted by atomic mass is 9.87. The summed E-state index contributed by atoms with van der Waals surface area (Å²) in [7, 11) is 0. The normalized spacial score (nSPS) is 14.0. The summed E-state index contributed by atoms with van der Waals surface area (Å²) >= 11 is 0. The van der Waals surface area contributed by atoms with Crippen LogP contribution < -0.4 is 0 Å². The maximum Gasteiger partial charge on any atom is 0.335 e. The summed E-state index contributed by atoms with van der Waals surface area (Å²) in [6.07, 6.45) is 4.37. The van der Waals surface area contributed by atoms with Crippen LogP contribution in [0, 0.1) is 0 Å². The van der Waals surface area contributed by atoms with Crippen LogP contribution in [0.5, 0.6) is 0 Å². The van der Waals surface area contributed by atoms with Crippen LogP contribution in [-0.2, 0) is 24.1 Å². The molecule has 0 atom stereocenters. The summed E-state index contributed by atoms with van der Waals surface area (Å²) in [6, 6.07) is 3.62. The average molecular weight is 248 g/mol. The van der Waals surface area contributed by atoms with Crippen molar-refractivity contribution >= 4 is 11.9 Å². The fourth-order valence-electron chi connectivity index (χ4n) is 2.48. The molecule has 1 aromatic rings. The van der Waals surface area contributed by atoms with Crippen molar-refractivity contribution in [2.45, 2.75) is 38.5 Å². The molecule has 1 aliphatic carbocycles. The number of aliphatic carboxylic acids is 1. The second-order valence-electron chi connectivity index (χ2n) is 4.68. The van der Waals surface area contributed by atoms with Crippen molar-refractivity contribution in [3.05, 3.63) is 34.4 Å². The second kappa shape index (κ2) is 5.21. The van der Waals surface area contributed by atoms with E-state index in [2.05, 4.69) is 0 Å². The summed E-state index contributed by atoms with van der Waals surface area (Å²) in [4.78, 5) is 21.8. The van der Waals surface area contributed by atoms with Gasteiger partial charge in [-0.05, 0) is 54.9 Å². The third-order valence-corrected chi connectivity index (χ3v) is 3.41. The van der Waals surface area contributed by atoms with E-state index in [9.17, 15) is 14.7 Å². The third-order valence-electron chi connectivity index (χ3n) is 3.41. The maximum atomic E-state index is 11.2. The molecule has 0 saturated carbocycles. The Morgan fingerprint density at radius 1 is 1.06 bits per heavy atom. The number of rotatable bonds is 4. The van der Waals surface area contributed by atoms with Gasteiger partial charge < -0.3 is 10.2 Å². The van der Waals surface area contributed by atoms with E-state index in [1.165, 1.54) is 5.56 Å². The van der Waals surface area contributed by atoms with Crippen LogP contribution in [0.15, 0.2) is 12.1 Å². The molecule has 0 bridgehead atoms. The Morgan fingerprint density at radius 3 is 2.22 bits per heavy atom. The first kappa shape index (κ1) is 12.6. The van der Waals surface area contributed by atoms with Gasteiger partial charge in [0.25, 0.3) is 0 Å². The van der Waals surface area contributed by atoms with Crippen molar-refractivity contribution in [3.63, 3.8) is 0 Å². The van der Waals surface area contributed by atoms with Crippen molar-refractivity contribution in [2.24, 2.45) is 0 Å². The van der Waals surface area contributed by atoms with Gasteiger partial charge in [0, 0.05) is 6.42 Å². The number of carboxylic acids is 2. The van der Waals surface area contributed by atoms with Gasteiger partial charge in [0.2, 0.25) is 0 Å². The van der Waals surface area contributed by atoms with Gasteiger partial charge >= 0.3 is 11.9 Å². The summed E-state index contributed by atoms with van der Waals surface area (Å²) in [5, 5.41) is 17.9. The molecule has 1 aromatic carbocycles. The molecular weight excluding hydrogens is 232 g/mol. The van der Waals surface area contributed by atoms with Crippen molar-refractivity contribution in [1.82, 2.24) is 0 Å². The summed E-state index contributed by atoms with van der Waals surface area (Å²) in [5.74, 6) is -1.87. The minimum atomic E-state index is -0.969. The topological polar surface area (TPSA) is 74.6 Å². The first-order chi connectivity index (χ1) is 8.58. The zero-order valence-electron chi connectivity index (χ0n) is 10.1. The molecule has 18 heavy (non-hydrogen) atoms. The molecule has 4 heteroatoms. The van der Waals surface area contributed by atoms with E-state index in [0.29, 0.717) is 5.56 Å². The lowest BCUT2D eigenvalue weighted by Crippen LogP contribution is -2.11. The van der Waals surface area contributed by atoms with Crippen LogP contribution in [0.4, 0.5) is 0 Å². The van der Waals surface area contributed by atoms with Crippen molar-refractivity contribution in [3.8, 4) is 0 Å². The number of aromatic carboxylic acids is 1. The molecule has 0 heterocycles. The van der Waals surface area contributed by atoms with Gasteiger partial charge in [-0.15, -0.1) is 0 Å². The SMILES string of the molecule is O=C(O)CCc1cc2c(cc1C(=O)O)CCCC2. The highest BCUT2D eigenvalue weighted by molar-refractivity contribution is 5.90. The molecule has 2 rings (SSSR count). The lowest BCUT2D eigenvalue weighted by Gasteiger charge is -2.18. The van der Waals surface area contributed by atoms with Crippen LogP contribution in [0.3, 0.4) is 0 Å². The smallest absolute Gasteiger partial charge is 0.335 e. The van der Waals surface area contributed by atoms with Crippen molar-refractivity contribution < 1.29 is 19.8 Å². The standard InChI is InChI=1S/C14H16O4/c15-13(16)6-5-11-7-9-3-1-2-4-10(9)8-12(11)14(17)18/h7-8H,1-6H2,(H,15,16)(H,17,18). The van der Waals surface area contributed by atoms with Crippen LogP contribution in [0.1, 0.15) is 46.3 Å². The first-order valence-corrected chi connectivity index (χ1v) is 6.17. The Morgan fingerprint density at radius 2 is 1.67 bits per heavy atom. The van der Waals surface area contributed by atoms with Crippen LogP contribution in [0.2, 0.25) is 0 Å². The largest absolute Gasteiger partial charge is 0.481 e. The number of benzene rings is 1. The van der Waals surface area contributed by atoms with Gasteiger partial charge in [-0.25, -0.2) is 4.79 Å². The quantitative estimate of drug-likeness (QED) is 0.857. The fourth-order valence-corrected chi connectivity index (χ4v) is 2.48. The number of hydrogen-bond acceptors (Lipinski definition) is 2. The monoisotopic (exact) mass is 248 g/mol. The van der Waals surface area contributed by atoms with Gasteiger partial charge in [0.05, 0.1) is 5.56 Å². The maximum absolute atomic E-state index is 11.2. The van der Waals surface area contributed by atoms with Crippen LogP contribution in [0.25, 0.3) is 0 Å². The Balaban J connectivity index is 2.35. The number of hydrogen-bond donors (Lipinski definition) is 2. The number of fused-ring (bicyclic) bond motifs is 1. The molecule has 0 saturated heterocycles. The molecule has 0 amide bonds. The molecule has 0 fully saturated rings. The molecule has 0 aromatic heterocycles. The lowest BCUT2D eigenvalue weighted by molar-refractivity contribution is -0.136. The number of aryl methyl sites for hydroxylation is 3. The van der Waals surface area contributed by atoms with Gasteiger partial charge in [-0.1, -0.05) is 6.07 Å². The van der Waals surface area contributed by atoms with E-state index >= 15 is 0 Å². The number of carbonyl (C=O) groups is 2. The predicted octanol–water partition coefficient (Wildman–Crippen LogP) is 2.28. The van der Waals surface area contributed by atoms with E-state index in [1.54, 1.807) is 6.07 Å². The minimum Gasteiger partial charge on any atom is -0.481 e. The van der Waals surface area contributed by atoms with Crippen molar-refractivity contribution in [1.29, 1.82) is 0 Å². The van der Waals surface area contributed by atoms with E-state index in [0.717, 1.165) is 31.2 Å². The van der Waals surface area contributed by atoms with Gasteiger partial charge in [0.15, 0.2) is 0 Å². The van der Waals surface area contributed by atoms with Crippen LogP contribution in [-0.4, -0.2) is 22.2 Å². The molecule has 0 unspecified atom stereocenters. The first-order valence-electron chi connectivity index (χ1n) is 6.17. The Bertz CT molecular complexity index is 491. The van der Waals surface area contributed by atoms with Gasteiger partial charge in [-0.3, -0.25) is 4.79 Å². The minimum absolute atomic E-state index is 0.0287. The molecule has 0 spiro atoms. The summed E-state index contributed by atoms with van der Waals surface area (Å²) < 4.78 is 0. The van der Waals surface area contributed by atoms with Gasteiger partial charge in [-0.2, -0.15) is 0 Å². The zero-order chi connectivity index (χ0) is 13.1.